The van der Waals surface area contributed by atoms with Crippen LogP contribution >= 0.6 is 0 Å². The third-order valence-electron chi connectivity index (χ3n) is 4.92. The van der Waals surface area contributed by atoms with Crippen LogP contribution in [0, 0.1) is 11.3 Å². The minimum Gasteiger partial charge on any atom is -0.392 e. The van der Waals surface area contributed by atoms with E-state index in [1.54, 1.807) is 0 Å². The summed E-state index contributed by atoms with van der Waals surface area (Å²) in [6.07, 6.45) is 3.38. The van der Waals surface area contributed by atoms with Gasteiger partial charge in [0, 0.05) is 16.9 Å². The number of ether oxygens (including phenoxy) is 1. The molecule has 4 nitrogen and oxygen atoms in total. The zero-order chi connectivity index (χ0) is 14.6. The molecular formula is C17H20N2O2. The van der Waals surface area contributed by atoms with E-state index >= 15 is 0 Å². The number of aliphatic hydroxyl groups is 1. The van der Waals surface area contributed by atoms with Crippen LogP contribution in [-0.4, -0.2) is 34.0 Å². The summed E-state index contributed by atoms with van der Waals surface area (Å²) in [5.41, 5.74) is 3.39. The van der Waals surface area contributed by atoms with Crippen molar-refractivity contribution < 1.29 is 9.84 Å². The largest absolute Gasteiger partial charge is 0.392 e. The summed E-state index contributed by atoms with van der Waals surface area (Å²) in [6, 6.07) is 8.50. The molecule has 1 aromatic heterocycles. The summed E-state index contributed by atoms with van der Waals surface area (Å²) >= 11 is 0. The van der Waals surface area contributed by atoms with Crippen molar-refractivity contribution in [2.24, 2.45) is 11.3 Å². The average molecular weight is 284 g/mol. The van der Waals surface area contributed by atoms with Crippen LogP contribution in [0.3, 0.4) is 0 Å². The maximum Gasteiger partial charge on any atom is 0.0956 e. The molecule has 21 heavy (non-hydrogen) atoms. The molecular weight excluding hydrogens is 264 g/mol. The lowest BCUT2D eigenvalue weighted by Gasteiger charge is -2.43. The summed E-state index contributed by atoms with van der Waals surface area (Å²) in [6.45, 7) is 5.33. The molecule has 0 spiro atoms. The van der Waals surface area contributed by atoms with E-state index in [1.807, 2.05) is 12.5 Å². The highest BCUT2D eigenvalue weighted by molar-refractivity contribution is 5.69. The van der Waals surface area contributed by atoms with Crippen LogP contribution in [-0.2, 0) is 4.74 Å². The fraction of sp³-hybridized carbons (Fsp3) is 0.471. The number of hydrogen-bond acceptors (Lipinski definition) is 3. The number of hydrogen-bond donors (Lipinski definition) is 1. The summed E-state index contributed by atoms with van der Waals surface area (Å²) < 4.78 is 7.98. The highest BCUT2D eigenvalue weighted by Crippen LogP contribution is 2.47. The molecule has 0 bridgehead atoms. The molecule has 4 rings (SSSR count). The van der Waals surface area contributed by atoms with E-state index in [1.165, 1.54) is 11.1 Å². The van der Waals surface area contributed by atoms with E-state index in [2.05, 4.69) is 47.7 Å². The fourth-order valence-corrected chi connectivity index (χ4v) is 3.79. The van der Waals surface area contributed by atoms with Gasteiger partial charge < -0.3 is 14.4 Å². The van der Waals surface area contributed by atoms with Crippen molar-refractivity contribution >= 4 is 0 Å². The van der Waals surface area contributed by atoms with Gasteiger partial charge in [-0.25, -0.2) is 4.98 Å². The lowest BCUT2D eigenvalue weighted by molar-refractivity contribution is -0.129. The number of imidazole rings is 1. The third kappa shape index (κ3) is 1.79. The Bertz CT molecular complexity index is 677. The predicted molar refractivity (Wildman–Crippen MR) is 79.9 cm³/mol. The molecule has 2 aromatic rings. The molecule has 3 atom stereocenters. The predicted octanol–water partition coefficient (Wildman–Crippen LogP) is 2.49. The number of aliphatic hydroxyl groups excluding tert-OH is 1. The highest BCUT2D eigenvalue weighted by atomic mass is 16.5. The number of fused-ring (bicyclic) bond motifs is 3. The van der Waals surface area contributed by atoms with Crippen molar-refractivity contribution in [1.29, 1.82) is 0 Å². The lowest BCUT2D eigenvalue weighted by Crippen LogP contribution is -2.49. The monoisotopic (exact) mass is 284 g/mol. The first kappa shape index (κ1) is 13.0. The standard InChI is InChI=1S/C17H20N2O2/c1-17(2)9-21-8-13(16(17)20)15-12-6-4-3-5-11(12)14-7-18-10-19(14)15/h3-7,10,13,15-16,20H,8-9H2,1-2H3/t13-,15?,16+/m0/s1. The van der Waals surface area contributed by atoms with Gasteiger partial charge in [-0.15, -0.1) is 0 Å². The molecule has 1 N–H and O–H groups in total. The van der Waals surface area contributed by atoms with E-state index in [9.17, 15) is 5.11 Å². The number of benzene rings is 1. The van der Waals surface area contributed by atoms with Crippen LogP contribution in [0.25, 0.3) is 11.3 Å². The molecule has 1 fully saturated rings. The number of rotatable bonds is 1. The van der Waals surface area contributed by atoms with Gasteiger partial charge in [0.1, 0.15) is 0 Å². The Hall–Kier alpha value is -1.65. The molecule has 2 aliphatic heterocycles. The van der Waals surface area contributed by atoms with Crippen LogP contribution in [0.5, 0.6) is 0 Å². The molecule has 3 heterocycles. The molecule has 1 saturated heterocycles. The van der Waals surface area contributed by atoms with Crippen molar-refractivity contribution in [3.8, 4) is 11.3 Å². The molecule has 1 aromatic carbocycles. The first-order valence-electron chi connectivity index (χ1n) is 7.46. The summed E-state index contributed by atoms with van der Waals surface area (Å²) in [4.78, 5) is 4.29. The van der Waals surface area contributed by atoms with Crippen LogP contribution in [0.2, 0.25) is 0 Å². The van der Waals surface area contributed by atoms with Gasteiger partial charge in [-0.05, 0) is 5.56 Å². The van der Waals surface area contributed by atoms with Crippen LogP contribution in [0.1, 0.15) is 25.5 Å². The van der Waals surface area contributed by atoms with Crippen molar-refractivity contribution in [3.05, 3.63) is 42.4 Å². The topological polar surface area (TPSA) is 47.3 Å². The Kier molecular flexibility index (Phi) is 2.75. The van der Waals surface area contributed by atoms with Gasteiger partial charge >= 0.3 is 0 Å². The maximum absolute atomic E-state index is 10.8. The SMILES string of the molecule is CC1(C)COC[C@@H](C2c3ccccc3-c3cncn32)[C@H]1O. The summed E-state index contributed by atoms with van der Waals surface area (Å²) in [7, 11) is 0. The van der Waals surface area contributed by atoms with E-state index in [0.717, 1.165) is 5.69 Å². The lowest BCUT2D eigenvalue weighted by atomic mass is 9.74. The Balaban J connectivity index is 1.82. The number of aromatic nitrogens is 2. The first-order valence-corrected chi connectivity index (χ1v) is 7.46. The van der Waals surface area contributed by atoms with E-state index in [4.69, 9.17) is 4.74 Å². The average Bonchev–Trinajstić information content (AvgIpc) is 3.03. The van der Waals surface area contributed by atoms with Crippen LogP contribution in [0.15, 0.2) is 36.8 Å². The Morgan fingerprint density at radius 3 is 3.00 bits per heavy atom. The first-order chi connectivity index (χ1) is 10.1. The minimum atomic E-state index is -0.391. The Morgan fingerprint density at radius 2 is 2.14 bits per heavy atom. The molecule has 0 saturated carbocycles. The zero-order valence-corrected chi connectivity index (χ0v) is 12.4. The Morgan fingerprint density at radius 1 is 1.33 bits per heavy atom. The molecule has 2 aliphatic rings. The zero-order valence-electron chi connectivity index (χ0n) is 12.4. The highest BCUT2D eigenvalue weighted by Gasteiger charge is 2.45. The quantitative estimate of drug-likeness (QED) is 0.875. The van der Waals surface area contributed by atoms with E-state index < -0.39 is 6.10 Å². The van der Waals surface area contributed by atoms with Gasteiger partial charge in [0.15, 0.2) is 0 Å². The van der Waals surface area contributed by atoms with E-state index in [-0.39, 0.29) is 17.4 Å². The van der Waals surface area contributed by atoms with E-state index in [0.29, 0.717) is 13.2 Å². The van der Waals surface area contributed by atoms with Crippen LogP contribution in [0.4, 0.5) is 0 Å². The second kappa shape index (κ2) is 4.42. The van der Waals surface area contributed by atoms with Gasteiger partial charge in [-0.2, -0.15) is 0 Å². The smallest absolute Gasteiger partial charge is 0.0956 e. The summed E-state index contributed by atoms with van der Waals surface area (Å²) in [5, 5.41) is 10.8. The van der Waals surface area contributed by atoms with Gasteiger partial charge in [-0.1, -0.05) is 38.1 Å². The molecule has 1 unspecified atom stereocenters. The number of nitrogens with zero attached hydrogens (tertiary/aromatic N) is 2. The molecule has 0 aliphatic carbocycles. The van der Waals surface area contributed by atoms with Crippen molar-refractivity contribution in [1.82, 2.24) is 9.55 Å². The fourth-order valence-electron chi connectivity index (χ4n) is 3.79. The van der Waals surface area contributed by atoms with Gasteiger partial charge in [0.25, 0.3) is 0 Å². The van der Waals surface area contributed by atoms with Gasteiger partial charge in [0.05, 0.1) is 43.6 Å². The van der Waals surface area contributed by atoms with Gasteiger partial charge in [0.2, 0.25) is 0 Å². The summed E-state index contributed by atoms with van der Waals surface area (Å²) in [5.74, 6) is 0.0466. The second-order valence-corrected chi connectivity index (χ2v) is 6.83. The van der Waals surface area contributed by atoms with Crippen molar-refractivity contribution in [2.45, 2.75) is 26.0 Å². The second-order valence-electron chi connectivity index (χ2n) is 6.83. The van der Waals surface area contributed by atoms with Crippen molar-refractivity contribution in [2.75, 3.05) is 13.2 Å². The molecule has 4 heteroatoms. The minimum absolute atomic E-state index is 0.0466. The van der Waals surface area contributed by atoms with Crippen LogP contribution < -0.4 is 0 Å². The Labute approximate surface area is 124 Å². The molecule has 110 valence electrons. The molecule has 0 radical (unpaired) electrons. The molecule has 0 amide bonds. The van der Waals surface area contributed by atoms with Crippen molar-refractivity contribution in [3.63, 3.8) is 0 Å². The van der Waals surface area contributed by atoms with Gasteiger partial charge in [-0.3, -0.25) is 0 Å². The third-order valence-corrected chi connectivity index (χ3v) is 4.92. The normalized spacial score (nSPS) is 30.0. The maximum atomic E-state index is 10.8.